The lowest BCUT2D eigenvalue weighted by Gasteiger charge is -2.41. The molecular weight excluding hydrogens is 434 g/mol. The third-order valence-corrected chi connectivity index (χ3v) is 7.59. The van der Waals surface area contributed by atoms with Crippen molar-refractivity contribution in [1.82, 2.24) is 25.4 Å². The fourth-order valence-corrected chi connectivity index (χ4v) is 5.35. The molecule has 0 bridgehead atoms. The maximum atomic E-state index is 13.3. The molecule has 2 N–H and O–H groups in total. The van der Waals surface area contributed by atoms with Gasteiger partial charge < -0.3 is 15.0 Å². The van der Waals surface area contributed by atoms with Gasteiger partial charge in [0.1, 0.15) is 5.69 Å². The molecule has 184 valence electrons. The summed E-state index contributed by atoms with van der Waals surface area (Å²) in [5.41, 5.74) is 0.529. The summed E-state index contributed by atoms with van der Waals surface area (Å²) >= 11 is 0. The summed E-state index contributed by atoms with van der Waals surface area (Å²) in [5, 5.41) is 6.59. The van der Waals surface area contributed by atoms with Crippen LogP contribution in [0.5, 0.6) is 0 Å². The van der Waals surface area contributed by atoms with E-state index in [4.69, 9.17) is 4.74 Å². The van der Waals surface area contributed by atoms with Crippen LogP contribution < -0.4 is 10.6 Å². The molecule has 1 saturated carbocycles. The van der Waals surface area contributed by atoms with Crippen molar-refractivity contribution in [3.8, 4) is 0 Å². The lowest BCUT2D eigenvalue weighted by atomic mass is 9.90. The number of nitrogens with zero attached hydrogens (tertiary/aromatic N) is 3. The van der Waals surface area contributed by atoms with Gasteiger partial charge in [0.05, 0.1) is 31.8 Å². The lowest BCUT2D eigenvalue weighted by molar-refractivity contribution is -0.139. The van der Waals surface area contributed by atoms with Gasteiger partial charge in [-0.05, 0) is 63.2 Å². The summed E-state index contributed by atoms with van der Waals surface area (Å²) in [6, 6.07) is 5.54. The number of aromatic nitrogens is 1. The maximum Gasteiger partial charge on any atom is 0.236 e. The van der Waals surface area contributed by atoms with Gasteiger partial charge in [0.25, 0.3) is 0 Å². The number of carbonyl (C=O) groups is 3. The number of fused-ring (bicyclic) bond motifs is 1. The van der Waals surface area contributed by atoms with Crippen molar-refractivity contribution in [2.24, 2.45) is 17.8 Å². The van der Waals surface area contributed by atoms with E-state index in [0.29, 0.717) is 37.9 Å². The molecule has 1 aromatic heterocycles. The Labute approximate surface area is 200 Å². The topological polar surface area (TPSA) is 104 Å². The van der Waals surface area contributed by atoms with Crippen LogP contribution in [0.3, 0.4) is 0 Å². The van der Waals surface area contributed by atoms with Gasteiger partial charge >= 0.3 is 0 Å². The molecule has 0 spiro atoms. The van der Waals surface area contributed by atoms with Crippen molar-refractivity contribution in [2.75, 3.05) is 45.9 Å². The number of Topliss-reactive ketones (excluding diaryl/α,β-unsaturated/α-hetero) is 1. The number of ketones is 1. The fraction of sp³-hybridized carbons (Fsp3) is 0.680. The summed E-state index contributed by atoms with van der Waals surface area (Å²) in [5.74, 6) is 0.623. The summed E-state index contributed by atoms with van der Waals surface area (Å²) < 4.78 is 5.46. The monoisotopic (exact) mass is 469 g/mol. The molecule has 3 unspecified atom stereocenters. The van der Waals surface area contributed by atoms with Crippen LogP contribution in [0.4, 0.5) is 0 Å². The average Bonchev–Trinajstić information content (AvgIpc) is 3.68. The van der Waals surface area contributed by atoms with Gasteiger partial charge in [0.2, 0.25) is 11.8 Å². The number of pyridine rings is 1. The lowest BCUT2D eigenvalue weighted by Crippen LogP contribution is -2.66. The molecule has 4 fully saturated rings. The number of amides is 2. The van der Waals surface area contributed by atoms with Crippen molar-refractivity contribution in [3.63, 3.8) is 0 Å². The number of carbonyl (C=O) groups excluding carboxylic acids is 3. The second-order valence-electron chi connectivity index (χ2n) is 10.2. The molecule has 2 amide bonds. The zero-order chi connectivity index (χ0) is 23.5. The van der Waals surface area contributed by atoms with Crippen LogP contribution in [0.2, 0.25) is 0 Å². The number of nitrogens with one attached hydrogen (secondary N) is 2. The second kappa shape index (κ2) is 10.5. The zero-order valence-electron chi connectivity index (χ0n) is 19.7. The van der Waals surface area contributed by atoms with Crippen LogP contribution in [-0.4, -0.2) is 90.5 Å². The summed E-state index contributed by atoms with van der Waals surface area (Å²) in [4.78, 5) is 46.8. The van der Waals surface area contributed by atoms with Crippen LogP contribution in [0.1, 0.15) is 42.6 Å². The van der Waals surface area contributed by atoms with Crippen LogP contribution in [0.15, 0.2) is 24.4 Å². The number of ether oxygens (including phenoxy) is 1. The van der Waals surface area contributed by atoms with E-state index in [2.05, 4.69) is 20.5 Å². The highest BCUT2D eigenvalue weighted by Crippen LogP contribution is 2.30. The Hall–Kier alpha value is -2.36. The molecule has 9 heteroatoms. The summed E-state index contributed by atoms with van der Waals surface area (Å²) in [6.45, 7) is 4.18. The zero-order valence-corrected chi connectivity index (χ0v) is 19.7. The van der Waals surface area contributed by atoms with Gasteiger partial charge in [-0.3, -0.25) is 29.6 Å². The standard InChI is InChI=1S/C25H35N5O4/c31-23(15-29-10-6-18(7-11-29)24(32)21-3-1-2-9-26-21)30(13-17-4-5-17)14-22-27-20-8-12-34-16-19(20)25(33)28-22/h1-3,9,17-20,22,27H,4-8,10-16H2,(H,28,33). The van der Waals surface area contributed by atoms with Crippen LogP contribution >= 0.6 is 0 Å². The molecule has 4 aliphatic rings. The Morgan fingerprint density at radius 1 is 1.12 bits per heavy atom. The molecule has 4 heterocycles. The number of piperidine rings is 1. The van der Waals surface area contributed by atoms with Crippen molar-refractivity contribution < 1.29 is 19.1 Å². The van der Waals surface area contributed by atoms with Gasteiger partial charge in [0.15, 0.2) is 5.78 Å². The molecule has 9 nitrogen and oxygen atoms in total. The first kappa shape index (κ1) is 23.4. The van der Waals surface area contributed by atoms with E-state index in [9.17, 15) is 14.4 Å². The molecule has 0 aromatic carbocycles. The average molecular weight is 470 g/mol. The first-order valence-electron chi connectivity index (χ1n) is 12.7. The highest BCUT2D eigenvalue weighted by atomic mass is 16.5. The van der Waals surface area contributed by atoms with E-state index in [0.717, 1.165) is 51.7 Å². The van der Waals surface area contributed by atoms with Gasteiger partial charge in [-0.1, -0.05) is 6.07 Å². The van der Waals surface area contributed by atoms with Crippen molar-refractivity contribution in [3.05, 3.63) is 30.1 Å². The van der Waals surface area contributed by atoms with Gasteiger partial charge in [-0.25, -0.2) is 0 Å². The first-order chi connectivity index (χ1) is 16.6. The minimum absolute atomic E-state index is 0.0203. The Morgan fingerprint density at radius 3 is 2.68 bits per heavy atom. The van der Waals surface area contributed by atoms with Gasteiger partial charge in [0, 0.05) is 31.3 Å². The van der Waals surface area contributed by atoms with E-state index in [1.54, 1.807) is 12.3 Å². The van der Waals surface area contributed by atoms with E-state index >= 15 is 0 Å². The number of hydrogen-bond donors (Lipinski definition) is 2. The largest absolute Gasteiger partial charge is 0.381 e. The molecule has 5 rings (SSSR count). The van der Waals surface area contributed by atoms with Crippen LogP contribution in [-0.2, 0) is 14.3 Å². The Kier molecular flexibility index (Phi) is 7.22. The minimum Gasteiger partial charge on any atom is -0.381 e. The molecule has 3 atom stereocenters. The quantitative estimate of drug-likeness (QED) is 0.539. The molecular formula is C25H35N5O4. The van der Waals surface area contributed by atoms with Crippen LogP contribution in [0, 0.1) is 17.8 Å². The van der Waals surface area contributed by atoms with E-state index in [-0.39, 0.29) is 41.6 Å². The predicted octanol–water partition coefficient (Wildman–Crippen LogP) is 0.666. The number of likely N-dealkylation sites (tertiary alicyclic amines) is 1. The highest BCUT2D eigenvalue weighted by molar-refractivity contribution is 5.96. The van der Waals surface area contributed by atoms with Gasteiger partial charge in [-0.15, -0.1) is 0 Å². The maximum absolute atomic E-state index is 13.3. The normalized spacial score (nSPS) is 28.1. The van der Waals surface area contributed by atoms with Crippen molar-refractivity contribution >= 4 is 17.6 Å². The first-order valence-corrected chi connectivity index (χ1v) is 12.7. The predicted molar refractivity (Wildman–Crippen MR) is 125 cm³/mol. The smallest absolute Gasteiger partial charge is 0.236 e. The Balaban J connectivity index is 1.14. The van der Waals surface area contributed by atoms with E-state index in [1.807, 2.05) is 17.0 Å². The van der Waals surface area contributed by atoms with E-state index in [1.165, 1.54) is 0 Å². The fourth-order valence-electron chi connectivity index (χ4n) is 5.35. The third kappa shape index (κ3) is 5.64. The summed E-state index contributed by atoms with van der Waals surface area (Å²) in [6.07, 6.45) is 6.07. The summed E-state index contributed by atoms with van der Waals surface area (Å²) in [7, 11) is 0. The Morgan fingerprint density at radius 2 is 1.94 bits per heavy atom. The minimum atomic E-state index is -0.226. The molecule has 3 aliphatic heterocycles. The van der Waals surface area contributed by atoms with Crippen molar-refractivity contribution in [2.45, 2.75) is 44.3 Å². The Bertz CT molecular complexity index is 885. The molecule has 34 heavy (non-hydrogen) atoms. The van der Waals surface area contributed by atoms with Gasteiger partial charge in [-0.2, -0.15) is 0 Å². The molecule has 1 aromatic rings. The second-order valence-corrected chi connectivity index (χ2v) is 10.2. The van der Waals surface area contributed by atoms with Crippen molar-refractivity contribution in [1.29, 1.82) is 0 Å². The number of hydrogen-bond acceptors (Lipinski definition) is 7. The third-order valence-electron chi connectivity index (χ3n) is 7.59. The molecule has 3 saturated heterocycles. The number of rotatable bonds is 8. The molecule has 0 radical (unpaired) electrons. The SMILES string of the molecule is O=C(c1ccccn1)C1CCN(CC(=O)N(CC2CC2)CC2NC(=O)C3COCCC3N2)CC1. The van der Waals surface area contributed by atoms with E-state index < -0.39 is 0 Å². The molecule has 1 aliphatic carbocycles. The van der Waals surface area contributed by atoms with Crippen LogP contribution in [0.25, 0.3) is 0 Å². The highest BCUT2D eigenvalue weighted by Gasteiger charge is 2.39.